The molecule has 1 aromatic heterocycles. The third-order valence-electron chi connectivity index (χ3n) is 5.84. The normalized spacial score (nSPS) is 10.9. The highest BCUT2D eigenvalue weighted by Gasteiger charge is 2.20. The van der Waals surface area contributed by atoms with Crippen molar-refractivity contribution in [2.24, 2.45) is 0 Å². The van der Waals surface area contributed by atoms with E-state index in [9.17, 15) is 14.0 Å². The molecule has 0 aliphatic carbocycles. The van der Waals surface area contributed by atoms with Gasteiger partial charge in [-0.25, -0.2) is 4.39 Å². The lowest BCUT2D eigenvalue weighted by atomic mass is 9.98. The summed E-state index contributed by atoms with van der Waals surface area (Å²) in [5.41, 5.74) is 3.35. The number of benzene rings is 3. The molecule has 168 valence electrons. The molecule has 0 spiro atoms. The topological polar surface area (TPSA) is 57.5 Å². The van der Waals surface area contributed by atoms with E-state index in [1.54, 1.807) is 47.2 Å². The minimum atomic E-state index is -0.398. The lowest BCUT2D eigenvalue weighted by molar-refractivity contribution is 0.103. The van der Waals surface area contributed by atoms with Crippen molar-refractivity contribution in [1.82, 2.24) is 4.57 Å². The Hall–Kier alpha value is -3.93. The Labute approximate surface area is 191 Å². The molecule has 0 aliphatic rings. The van der Waals surface area contributed by atoms with Crippen molar-refractivity contribution in [3.05, 3.63) is 105 Å². The maximum Gasteiger partial charge on any atom is 0.200 e. The van der Waals surface area contributed by atoms with Gasteiger partial charge < -0.3 is 14.0 Å². The zero-order valence-electron chi connectivity index (χ0n) is 18.9. The Balaban J connectivity index is 1.96. The summed E-state index contributed by atoms with van der Waals surface area (Å²) < 4.78 is 26.4. The largest absolute Gasteiger partial charge is 0.493 e. The summed E-state index contributed by atoms with van der Waals surface area (Å²) in [6.45, 7) is 4.15. The van der Waals surface area contributed by atoms with E-state index in [0.717, 1.165) is 11.1 Å². The van der Waals surface area contributed by atoms with Crippen LogP contribution in [0.1, 0.15) is 32.6 Å². The first-order valence-corrected chi connectivity index (χ1v) is 10.5. The number of carbonyl (C=O) groups is 1. The van der Waals surface area contributed by atoms with Crippen LogP contribution in [0.5, 0.6) is 11.5 Å². The van der Waals surface area contributed by atoms with Crippen molar-refractivity contribution in [3.63, 3.8) is 0 Å². The second-order valence-electron chi connectivity index (χ2n) is 7.98. The molecule has 0 radical (unpaired) electrons. The Morgan fingerprint density at radius 1 is 0.939 bits per heavy atom. The number of nitrogens with zero attached hydrogens (tertiary/aromatic N) is 1. The summed E-state index contributed by atoms with van der Waals surface area (Å²) in [4.78, 5) is 26.8. The van der Waals surface area contributed by atoms with Gasteiger partial charge in [0, 0.05) is 24.4 Å². The smallest absolute Gasteiger partial charge is 0.200 e. The van der Waals surface area contributed by atoms with Crippen LogP contribution in [-0.4, -0.2) is 24.6 Å². The summed E-state index contributed by atoms with van der Waals surface area (Å²) in [6.07, 6.45) is 1.54. The van der Waals surface area contributed by atoms with E-state index in [1.807, 2.05) is 19.9 Å². The van der Waals surface area contributed by atoms with E-state index in [4.69, 9.17) is 9.47 Å². The minimum Gasteiger partial charge on any atom is -0.493 e. The SMILES string of the molecule is COc1cc2c(=O)c(C(=O)c3ccc(C)c(C)c3)cn(Cc3cccc(F)c3)c2cc1OC. The summed E-state index contributed by atoms with van der Waals surface area (Å²) in [6, 6.07) is 14.9. The molecule has 33 heavy (non-hydrogen) atoms. The summed E-state index contributed by atoms with van der Waals surface area (Å²) in [5, 5.41) is 0.318. The minimum absolute atomic E-state index is 0.0365. The maximum atomic E-state index is 13.8. The Morgan fingerprint density at radius 3 is 2.33 bits per heavy atom. The van der Waals surface area contributed by atoms with Crippen LogP contribution in [0.25, 0.3) is 10.9 Å². The van der Waals surface area contributed by atoms with Crippen LogP contribution in [0, 0.1) is 19.7 Å². The molecule has 6 heteroatoms. The maximum absolute atomic E-state index is 13.8. The van der Waals surface area contributed by atoms with E-state index >= 15 is 0 Å². The molecule has 3 aromatic carbocycles. The molecule has 0 unspecified atom stereocenters. The summed E-state index contributed by atoms with van der Waals surface area (Å²) >= 11 is 0. The predicted molar refractivity (Wildman–Crippen MR) is 126 cm³/mol. The zero-order valence-corrected chi connectivity index (χ0v) is 18.9. The molecule has 4 aromatic rings. The monoisotopic (exact) mass is 445 g/mol. The van der Waals surface area contributed by atoms with Gasteiger partial charge in [-0.15, -0.1) is 0 Å². The average molecular weight is 445 g/mol. The van der Waals surface area contributed by atoms with E-state index in [-0.39, 0.29) is 23.7 Å². The first-order chi connectivity index (χ1) is 15.8. The van der Waals surface area contributed by atoms with E-state index in [2.05, 4.69) is 0 Å². The molecule has 1 heterocycles. The lowest BCUT2D eigenvalue weighted by Crippen LogP contribution is -2.20. The number of aromatic nitrogens is 1. The average Bonchev–Trinajstić information content (AvgIpc) is 2.81. The van der Waals surface area contributed by atoms with Crippen LogP contribution in [-0.2, 0) is 6.54 Å². The van der Waals surface area contributed by atoms with Crippen LogP contribution in [0.2, 0.25) is 0 Å². The number of halogens is 1. The van der Waals surface area contributed by atoms with Gasteiger partial charge in [0.25, 0.3) is 0 Å². The van der Waals surface area contributed by atoms with Crippen molar-refractivity contribution in [2.45, 2.75) is 20.4 Å². The predicted octanol–water partition coefficient (Wildman–Crippen LogP) is 5.05. The highest BCUT2D eigenvalue weighted by Crippen LogP contribution is 2.31. The van der Waals surface area contributed by atoms with Crippen molar-refractivity contribution < 1.29 is 18.7 Å². The Kier molecular flexibility index (Phi) is 6.01. The summed E-state index contributed by atoms with van der Waals surface area (Å²) in [5.74, 6) is 0.108. The number of rotatable bonds is 6. The Morgan fingerprint density at radius 2 is 1.67 bits per heavy atom. The van der Waals surface area contributed by atoms with Crippen LogP contribution in [0.15, 0.2) is 65.6 Å². The summed E-state index contributed by atoms with van der Waals surface area (Å²) in [7, 11) is 3.00. The highest BCUT2D eigenvalue weighted by atomic mass is 19.1. The molecule has 4 rings (SSSR count). The van der Waals surface area contributed by atoms with Crippen LogP contribution in [0.3, 0.4) is 0 Å². The van der Waals surface area contributed by atoms with Gasteiger partial charge in [-0.05, 0) is 54.8 Å². The molecule has 0 atom stereocenters. The standard InChI is InChI=1S/C27H24FNO4/c1-16-8-9-19(10-17(16)2)26(30)22-15-29(14-18-6-5-7-20(28)11-18)23-13-25(33-4)24(32-3)12-21(23)27(22)31/h5-13,15H,14H2,1-4H3. The highest BCUT2D eigenvalue weighted by molar-refractivity contribution is 6.10. The van der Waals surface area contributed by atoms with Gasteiger partial charge in [-0.2, -0.15) is 0 Å². The van der Waals surface area contributed by atoms with E-state index < -0.39 is 5.43 Å². The number of methoxy groups -OCH3 is 2. The number of fused-ring (bicyclic) bond motifs is 1. The number of ether oxygens (including phenoxy) is 2. The van der Waals surface area contributed by atoms with Gasteiger partial charge in [0.1, 0.15) is 5.82 Å². The molecule has 0 aliphatic heterocycles. The van der Waals surface area contributed by atoms with Gasteiger partial charge in [0.05, 0.1) is 30.7 Å². The third-order valence-corrected chi connectivity index (χ3v) is 5.84. The molecule has 0 amide bonds. The number of ketones is 1. The fourth-order valence-corrected chi connectivity index (χ4v) is 3.88. The molecular weight excluding hydrogens is 421 g/mol. The van der Waals surface area contributed by atoms with Crippen molar-refractivity contribution >= 4 is 16.7 Å². The molecule has 0 N–H and O–H groups in total. The van der Waals surface area contributed by atoms with Crippen LogP contribution >= 0.6 is 0 Å². The van der Waals surface area contributed by atoms with Crippen molar-refractivity contribution in [2.75, 3.05) is 14.2 Å². The fourth-order valence-electron chi connectivity index (χ4n) is 3.88. The van der Waals surface area contributed by atoms with Gasteiger partial charge in [0.2, 0.25) is 5.43 Å². The van der Waals surface area contributed by atoms with E-state index in [0.29, 0.717) is 33.5 Å². The first-order valence-electron chi connectivity index (χ1n) is 10.5. The third kappa shape index (κ3) is 4.24. The lowest BCUT2D eigenvalue weighted by Gasteiger charge is -2.16. The molecule has 0 fully saturated rings. The molecule has 5 nitrogen and oxygen atoms in total. The van der Waals surface area contributed by atoms with Crippen molar-refractivity contribution in [3.8, 4) is 11.5 Å². The Bertz CT molecular complexity index is 1440. The number of aryl methyl sites for hydroxylation is 2. The van der Waals surface area contributed by atoms with Gasteiger partial charge in [0.15, 0.2) is 17.3 Å². The number of carbonyl (C=O) groups excluding carboxylic acids is 1. The zero-order chi connectivity index (χ0) is 23.7. The molecular formula is C27H24FNO4. The number of hydrogen-bond acceptors (Lipinski definition) is 4. The van der Waals surface area contributed by atoms with Gasteiger partial charge in [-0.3, -0.25) is 9.59 Å². The van der Waals surface area contributed by atoms with Gasteiger partial charge >= 0.3 is 0 Å². The van der Waals surface area contributed by atoms with Gasteiger partial charge in [-0.1, -0.05) is 24.3 Å². The first kappa shape index (κ1) is 22.3. The fraction of sp³-hybridized carbons (Fsp3) is 0.185. The molecule has 0 saturated carbocycles. The van der Waals surface area contributed by atoms with Crippen LogP contribution in [0.4, 0.5) is 4.39 Å². The number of pyridine rings is 1. The van der Waals surface area contributed by atoms with E-state index in [1.165, 1.54) is 26.4 Å². The number of hydrogen-bond donors (Lipinski definition) is 0. The second-order valence-corrected chi connectivity index (χ2v) is 7.98. The van der Waals surface area contributed by atoms with Crippen molar-refractivity contribution in [1.29, 1.82) is 0 Å². The quantitative estimate of drug-likeness (QED) is 0.390. The molecule has 0 saturated heterocycles. The van der Waals surface area contributed by atoms with Crippen LogP contribution < -0.4 is 14.9 Å². The second kappa shape index (κ2) is 8.90. The molecule has 0 bridgehead atoms.